The van der Waals surface area contributed by atoms with Crippen molar-refractivity contribution in [2.24, 2.45) is 0 Å². The normalized spacial score (nSPS) is 27.0. The summed E-state index contributed by atoms with van der Waals surface area (Å²) < 4.78 is 11.0. The van der Waals surface area contributed by atoms with E-state index < -0.39 is 0 Å². The number of ether oxygens (including phenoxy) is 1. The van der Waals surface area contributed by atoms with Crippen molar-refractivity contribution in [2.75, 3.05) is 0 Å². The molecule has 1 fully saturated rings. The molecule has 2 rings (SSSR count). The van der Waals surface area contributed by atoms with E-state index >= 15 is 0 Å². The standard InChI is InChI=1S/C13H16O2/c1-4-12-7-9(2)10(3)13(15-12)11-5-6-14-8-11/h5-6,8,12-13H,2-4,7H2,1H3/t12-,13-/m1/s1. The monoisotopic (exact) mass is 204 g/mol. The maximum atomic E-state index is 5.94. The topological polar surface area (TPSA) is 22.4 Å². The van der Waals surface area contributed by atoms with Crippen LogP contribution in [0.3, 0.4) is 0 Å². The second kappa shape index (κ2) is 4.07. The molecule has 0 unspecified atom stereocenters. The van der Waals surface area contributed by atoms with Gasteiger partial charge in [-0.25, -0.2) is 0 Å². The summed E-state index contributed by atoms with van der Waals surface area (Å²) in [6.07, 6.45) is 5.44. The smallest absolute Gasteiger partial charge is 0.111 e. The van der Waals surface area contributed by atoms with Crippen molar-refractivity contribution in [2.45, 2.75) is 32.0 Å². The summed E-state index contributed by atoms with van der Waals surface area (Å²) in [5, 5.41) is 0. The number of furan rings is 1. The van der Waals surface area contributed by atoms with Gasteiger partial charge < -0.3 is 9.15 Å². The molecule has 0 spiro atoms. The predicted molar refractivity (Wildman–Crippen MR) is 59.5 cm³/mol. The van der Waals surface area contributed by atoms with Crippen molar-refractivity contribution < 1.29 is 9.15 Å². The zero-order chi connectivity index (χ0) is 10.8. The van der Waals surface area contributed by atoms with Crippen LogP contribution in [0.4, 0.5) is 0 Å². The fourth-order valence-electron chi connectivity index (χ4n) is 1.86. The predicted octanol–water partition coefficient (Wildman–Crippen LogP) is 3.63. The van der Waals surface area contributed by atoms with E-state index in [9.17, 15) is 0 Å². The molecule has 0 saturated carbocycles. The summed E-state index contributed by atoms with van der Waals surface area (Å²) in [7, 11) is 0. The van der Waals surface area contributed by atoms with Crippen LogP contribution in [-0.4, -0.2) is 6.10 Å². The van der Waals surface area contributed by atoms with Crippen molar-refractivity contribution in [1.82, 2.24) is 0 Å². The fourth-order valence-corrected chi connectivity index (χ4v) is 1.86. The molecule has 2 heteroatoms. The fraction of sp³-hybridized carbons (Fsp3) is 0.385. The molecule has 15 heavy (non-hydrogen) atoms. The van der Waals surface area contributed by atoms with Crippen LogP contribution in [0, 0.1) is 0 Å². The summed E-state index contributed by atoms with van der Waals surface area (Å²) in [5.41, 5.74) is 3.10. The Morgan fingerprint density at radius 1 is 1.47 bits per heavy atom. The summed E-state index contributed by atoms with van der Waals surface area (Å²) in [5.74, 6) is 0. The van der Waals surface area contributed by atoms with Gasteiger partial charge >= 0.3 is 0 Å². The Kier molecular flexibility index (Phi) is 2.78. The highest BCUT2D eigenvalue weighted by Crippen LogP contribution is 2.38. The molecule has 0 amide bonds. The Morgan fingerprint density at radius 2 is 2.27 bits per heavy atom. The van der Waals surface area contributed by atoms with Gasteiger partial charge in [0, 0.05) is 5.56 Å². The molecule has 0 aliphatic carbocycles. The first-order chi connectivity index (χ1) is 7.22. The van der Waals surface area contributed by atoms with E-state index in [0.29, 0.717) is 0 Å². The van der Waals surface area contributed by atoms with Gasteiger partial charge in [-0.3, -0.25) is 0 Å². The Hall–Kier alpha value is -1.28. The zero-order valence-corrected chi connectivity index (χ0v) is 9.03. The number of hydrogen-bond donors (Lipinski definition) is 0. The summed E-state index contributed by atoms with van der Waals surface area (Å²) in [6, 6.07) is 1.92. The molecule has 2 nitrogen and oxygen atoms in total. The minimum atomic E-state index is -0.0741. The Morgan fingerprint density at radius 3 is 2.87 bits per heavy atom. The van der Waals surface area contributed by atoms with Crippen LogP contribution in [-0.2, 0) is 4.74 Å². The van der Waals surface area contributed by atoms with Gasteiger partial charge in [-0.1, -0.05) is 20.1 Å². The minimum Gasteiger partial charge on any atom is -0.472 e. The van der Waals surface area contributed by atoms with Gasteiger partial charge in [0.25, 0.3) is 0 Å². The number of hydrogen-bond acceptors (Lipinski definition) is 2. The lowest BCUT2D eigenvalue weighted by Gasteiger charge is -2.32. The van der Waals surface area contributed by atoms with E-state index in [1.54, 1.807) is 12.5 Å². The third kappa shape index (κ3) is 1.90. The molecule has 1 saturated heterocycles. The number of rotatable bonds is 2. The van der Waals surface area contributed by atoms with Crippen LogP contribution in [0.1, 0.15) is 31.4 Å². The average molecular weight is 204 g/mol. The van der Waals surface area contributed by atoms with E-state index in [1.165, 1.54) is 0 Å². The Labute approximate surface area is 90.2 Å². The van der Waals surface area contributed by atoms with Crippen LogP contribution >= 0.6 is 0 Å². The molecule has 1 aromatic heterocycles. The lowest BCUT2D eigenvalue weighted by Crippen LogP contribution is -2.24. The van der Waals surface area contributed by atoms with E-state index in [-0.39, 0.29) is 12.2 Å². The van der Waals surface area contributed by atoms with Crippen molar-refractivity contribution in [1.29, 1.82) is 0 Å². The first-order valence-electron chi connectivity index (χ1n) is 5.27. The summed E-state index contributed by atoms with van der Waals surface area (Å²) in [6.45, 7) is 10.2. The molecule has 0 radical (unpaired) electrons. The molecule has 2 heterocycles. The summed E-state index contributed by atoms with van der Waals surface area (Å²) >= 11 is 0. The molecule has 1 aliphatic heterocycles. The Bertz CT molecular complexity index is 362. The molecule has 0 N–H and O–H groups in total. The molecule has 80 valence electrons. The molecule has 1 aromatic rings. The third-order valence-electron chi connectivity index (χ3n) is 2.87. The van der Waals surface area contributed by atoms with Gasteiger partial charge in [0.05, 0.1) is 18.6 Å². The second-order valence-electron chi connectivity index (χ2n) is 3.94. The quantitative estimate of drug-likeness (QED) is 0.734. The van der Waals surface area contributed by atoms with Gasteiger partial charge in [-0.05, 0) is 30.1 Å². The van der Waals surface area contributed by atoms with E-state index in [2.05, 4.69) is 20.1 Å². The molecular weight excluding hydrogens is 188 g/mol. The molecule has 1 aliphatic rings. The van der Waals surface area contributed by atoms with Crippen LogP contribution in [0.5, 0.6) is 0 Å². The first-order valence-corrected chi connectivity index (χ1v) is 5.27. The lowest BCUT2D eigenvalue weighted by molar-refractivity contribution is -0.00814. The van der Waals surface area contributed by atoms with Crippen molar-refractivity contribution in [3.63, 3.8) is 0 Å². The van der Waals surface area contributed by atoms with Gasteiger partial charge in [0.15, 0.2) is 0 Å². The maximum absolute atomic E-state index is 5.94. The molecule has 0 bridgehead atoms. The molecular formula is C13H16O2. The summed E-state index contributed by atoms with van der Waals surface area (Å²) in [4.78, 5) is 0. The SMILES string of the molecule is C=C1C[C@@H](CC)O[C@@H](c2ccoc2)C1=C. The van der Waals surface area contributed by atoms with Crippen LogP contribution < -0.4 is 0 Å². The average Bonchev–Trinajstić information content (AvgIpc) is 2.75. The van der Waals surface area contributed by atoms with Crippen LogP contribution in [0.2, 0.25) is 0 Å². The van der Waals surface area contributed by atoms with Gasteiger partial charge in [0.2, 0.25) is 0 Å². The second-order valence-corrected chi connectivity index (χ2v) is 3.94. The third-order valence-corrected chi connectivity index (χ3v) is 2.87. The Balaban J connectivity index is 2.23. The van der Waals surface area contributed by atoms with Crippen molar-refractivity contribution in [3.8, 4) is 0 Å². The van der Waals surface area contributed by atoms with E-state index in [1.807, 2.05) is 6.07 Å². The van der Waals surface area contributed by atoms with Crippen LogP contribution in [0.25, 0.3) is 0 Å². The first kappa shape index (κ1) is 10.2. The lowest BCUT2D eigenvalue weighted by atomic mass is 9.91. The highest BCUT2D eigenvalue weighted by molar-refractivity contribution is 5.36. The molecule has 0 aromatic carbocycles. The zero-order valence-electron chi connectivity index (χ0n) is 9.03. The maximum Gasteiger partial charge on any atom is 0.111 e. The van der Waals surface area contributed by atoms with Gasteiger partial charge in [0.1, 0.15) is 6.10 Å². The van der Waals surface area contributed by atoms with E-state index in [4.69, 9.17) is 9.15 Å². The van der Waals surface area contributed by atoms with Gasteiger partial charge in [-0.2, -0.15) is 0 Å². The van der Waals surface area contributed by atoms with Crippen LogP contribution in [0.15, 0.2) is 47.3 Å². The van der Waals surface area contributed by atoms with E-state index in [0.717, 1.165) is 29.6 Å². The van der Waals surface area contributed by atoms with Gasteiger partial charge in [-0.15, -0.1) is 0 Å². The largest absolute Gasteiger partial charge is 0.472 e. The minimum absolute atomic E-state index is 0.0741. The highest BCUT2D eigenvalue weighted by Gasteiger charge is 2.28. The molecule has 2 atom stereocenters. The van der Waals surface area contributed by atoms with Crippen molar-refractivity contribution >= 4 is 0 Å². The van der Waals surface area contributed by atoms with Crippen molar-refractivity contribution in [3.05, 3.63) is 48.5 Å². The highest BCUT2D eigenvalue weighted by atomic mass is 16.5.